The highest BCUT2D eigenvalue weighted by Crippen LogP contribution is 2.31. The van der Waals surface area contributed by atoms with Crippen molar-refractivity contribution >= 4 is 12.1 Å². The maximum atomic E-state index is 10.4. The molecule has 0 radical (unpaired) electrons. The van der Waals surface area contributed by atoms with Crippen LogP contribution in [0.5, 0.6) is 0 Å². The minimum absolute atomic E-state index is 0.639. The maximum absolute atomic E-state index is 10.4. The Kier molecular flexibility index (Phi) is 4.36. The molecule has 1 saturated carbocycles. The lowest BCUT2D eigenvalue weighted by atomic mass is 10.1. The van der Waals surface area contributed by atoms with Gasteiger partial charge in [-0.3, -0.25) is 9.79 Å². The molecule has 0 aromatic heterocycles. The molecule has 0 aliphatic heterocycles. The number of carbonyl (C=O) groups excluding carboxylic acids is 1. The second-order valence-electron chi connectivity index (χ2n) is 3.60. The van der Waals surface area contributed by atoms with Crippen molar-refractivity contribution in [3.8, 4) is 0 Å². The van der Waals surface area contributed by atoms with E-state index in [-0.39, 0.29) is 0 Å². The van der Waals surface area contributed by atoms with Crippen molar-refractivity contribution in [2.45, 2.75) is 32.6 Å². The van der Waals surface area contributed by atoms with Gasteiger partial charge in [0.1, 0.15) is 0 Å². The molecule has 78 valence electrons. The number of amides is 1. The van der Waals surface area contributed by atoms with Gasteiger partial charge in [-0.05, 0) is 25.3 Å². The first-order chi connectivity index (χ1) is 6.81. The third kappa shape index (κ3) is 3.32. The molecule has 0 bridgehead atoms. The fourth-order valence-corrected chi connectivity index (χ4v) is 1.45. The monoisotopic (exact) mass is 194 g/mol. The van der Waals surface area contributed by atoms with Crippen LogP contribution in [0.25, 0.3) is 0 Å². The van der Waals surface area contributed by atoms with E-state index in [1.807, 2.05) is 13.1 Å². The van der Waals surface area contributed by atoms with E-state index in [0.717, 1.165) is 30.7 Å². The summed E-state index contributed by atoms with van der Waals surface area (Å²) >= 11 is 0. The Hall–Kier alpha value is -1.12. The minimum atomic E-state index is 0.639. The molecule has 0 heterocycles. The number of rotatable bonds is 6. The van der Waals surface area contributed by atoms with Gasteiger partial charge in [-0.15, -0.1) is 0 Å². The van der Waals surface area contributed by atoms with Crippen LogP contribution >= 0.6 is 0 Å². The molecule has 0 aromatic carbocycles. The topological polar surface area (TPSA) is 41.5 Å². The molecule has 1 amide bonds. The maximum Gasteiger partial charge on any atom is 0.211 e. The molecular formula is C11H18N2O. The van der Waals surface area contributed by atoms with Gasteiger partial charge in [-0.25, -0.2) is 0 Å². The number of hydrogen-bond acceptors (Lipinski definition) is 2. The molecule has 0 aromatic rings. The highest BCUT2D eigenvalue weighted by Gasteiger charge is 2.25. The largest absolute Gasteiger partial charge is 0.332 e. The molecule has 1 aliphatic rings. The highest BCUT2D eigenvalue weighted by molar-refractivity contribution is 5.99. The summed E-state index contributed by atoms with van der Waals surface area (Å²) in [4.78, 5) is 14.6. The molecule has 0 spiro atoms. The Morgan fingerprint density at radius 3 is 2.71 bits per heavy atom. The molecule has 14 heavy (non-hydrogen) atoms. The first kappa shape index (κ1) is 11.0. The lowest BCUT2D eigenvalue weighted by Gasteiger charge is -2.05. The van der Waals surface area contributed by atoms with Gasteiger partial charge in [0.15, 0.2) is 0 Å². The predicted octanol–water partition coefficient (Wildman–Crippen LogP) is 1.90. The average Bonchev–Trinajstić information content (AvgIpc) is 2.98. The fraction of sp³-hybridized carbons (Fsp3) is 0.636. The van der Waals surface area contributed by atoms with Gasteiger partial charge >= 0.3 is 0 Å². The Morgan fingerprint density at radius 2 is 2.29 bits per heavy atom. The molecule has 1 fully saturated rings. The Balaban J connectivity index is 2.62. The van der Waals surface area contributed by atoms with Crippen LogP contribution in [0.2, 0.25) is 0 Å². The fourth-order valence-electron chi connectivity index (χ4n) is 1.45. The number of allylic oxidation sites excluding steroid dienone is 2. The summed E-state index contributed by atoms with van der Waals surface area (Å²) in [6.07, 6.45) is 7.18. The molecule has 3 nitrogen and oxygen atoms in total. The summed E-state index contributed by atoms with van der Waals surface area (Å²) in [5, 5.41) is 2.73. The summed E-state index contributed by atoms with van der Waals surface area (Å²) in [5.41, 5.74) is 2.11. The molecule has 1 rings (SSSR count). The first-order valence-electron chi connectivity index (χ1n) is 5.19. The standard InChI is InChI=1S/C11H18N2O/c1-3-4-10(13-8-14)7-11(12-2)9-5-6-9/h7-9H,3-6H2,1-2H3,(H,13,14)/b10-7+,12-11?. The SMILES string of the molecule is CCC/C(=C\C(=NC)C1CC1)NC=O. The van der Waals surface area contributed by atoms with E-state index in [1.165, 1.54) is 12.8 Å². The second kappa shape index (κ2) is 5.58. The number of aliphatic imine (C=N–C) groups is 1. The molecular weight excluding hydrogens is 176 g/mol. The normalized spacial score (nSPS) is 18.1. The van der Waals surface area contributed by atoms with E-state index in [9.17, 15) is 4.79 Å². The zero-order valence-electron chi connectivity index (χ0n) is 8.92. The third-order valence-corrected chi connectivity index (χ3v) is 2.34. The molecule has 0 unspecified atom stereocenters. The van der Waals surface area contributed by atoms with E-state index in [1.54, 1.807) is 0 Å². The smallest absolute Gasteiger partial charge is 0.211 e. The van der Waals surface area contributed by atoms with Gasteiger partial charge < -0.3 is 5.32 Å². The number of nitrogens with one attached hydrogen (secondary N) is 1. The van der Waals surface area contributed by atoms with Gasteiger partial charge in [0, 0.05) is 24.4 Å². The number of nitrogens with zero attached hydrogens (tertiary/aromatic N) is 1. The van der Waals surface area contributed by atoms with E-state index < -0.39 is 0 Å². The molecule has 1 aliphatic carbocycles. The van der Waals surface area contributed by atoms with Crippen molar-refractivity contribution in [2.75, 3.05) is 7.05 Å². The summed E-state index contributed by atoms with van der Waals surface area (Å²) < 4.78 is 0. The van der Waals surface area contributed by atoms with E-state index in [0.29, 0.717) is 5.92 Å². The molecule has 3 heteroatoms. The Bertz CT molecular complexity index is 252. The molecule has 0 saturated heterocycles. The van der Waals surface area contributed by atoms with Gasteiger partial charge in [-0.2, -0.15) is 0 Å². The first-order valence-corrected chi connectivity index (χ1v) is 5.19. The van der Waals surface area contributed by atoms with Crippen LogP contribution in [-0.2, 0) is 4.79 Å². The predicted molar refractivity (Wildman–Crippen MR) is 58.3 cm³/mol. The highest BCUT2D eigenvalue weighted by atomic mass is 16.1. The molecule has 0 atom stereocenters. The van der Waals surface area contributed by atoms with Gasteiger partial charge in [0.2, 0.25) is 6.41 Å². The average molecular weight is 194 g/mol. The Morgan fingerprint density at radius 1 is 1.57 bits per heavy atom. The summed E-state index contributed by atoms with van der Waals surface area (Å²) in [6, 6.07) is 0. The second-order valence-corrected chi connectivity index (χ2v) is 3.60. The van der Waals surface area contributed by atoms with Gasteiger partial charge in [0.05, 0.1) is 0 Å². The van der Waals surface area contributed by atoms with E-state index >= 15 is 0 Å². The zero-order valence-corrected chi connectivity index (χ0v) is 8.92. The summed E-state index contributed by atoms with van der Waals surface area (Å²) in [5.74, 6) is 0.639. The quantitative estimate of drug-likeness (QED) is 0.509. The van der Waals surface area contributed by atoms with Crippen molar-refractivity contribution < 1.29 is 4.79 Å². The van der Waals surface area contributed by atoms with Crippen LogP contribution in [-0.4, -0.2) is 19.2 Å². The number of carbonyl (C=O) groups is 1. The lowest BCUT2D eigenvalue weighted by molar-refractivity contribution is -0.108. The zero-order chi connectivity index (χ0) is 10.4. The van der Waals surface area contributed by atoms with Crippen LogP contribution in [0.3, 0.4) is 0 Å². The van der Waals surface area contributed by atoms with Crippen LogP contribution in [0, 0.1) is 5.92 Å². The van der Waals surface area contributed by atoms with Crippen LogP contribution in [0.15, 0.2) is 16.8 Å². The number of hydrogen-bond donors (Lipinski definition) is 1. The van der Waals surface area contributed by atoms with Gasteiger partial charge in [-0.1, -0.05) is 13.3 Å². The summed E-state index contributed by atoms with van der Waals surface area (Å²) in [7, 11) is 1.81. The summed E-state index contributed by atoms with van der Waals surface area (Å²) in [6.45, 7) is 2.10. The van der Waals surface area contributed by atoms with E-state index in [4.69, 9.17) is 0 Å². The van der Waals surface area contributed by atoms with Crippen molar-refractivity contribution in [1.29, 1.82) is 0 Å². The van der Waals surface area contributed by atoms with Crippen molar-refractivity contribution in [1.82, 2.24) is 5.32 Å². The van der Waals surface area contributed by atoms with Gasteiger partial charge in [0.25, 0.3) is 0 Å². The van der Waals surface area contributed by atoms with Crippen molar-refractivity contribution in [3.63, 3.8) is 0 Å². The van der Waals surface area contributed by atoms with Crippen molar-refractivity contribution in [3.05, 3.63) is 11.8 Å². The van der Waals surface area contributed by atoms with Crippen LogP contribution in [0.4, 0.5) is 0 Å². The van der Waals surface area contributed by atoms with Crippen LogP contribution in [0.1, 0.15) is 32.6 Å². The van der Waals surface area contributed by atoms with Crippen molar-refractivity contribution in [2.24, 2.45) is 10.9 Å². The third-order valence-electron chi connectivity index (χ3n) is 2.34. The Labute approximate surface area is 85.3 Å². The van der Waals surface area contributed by atoms with E-state index in [2.05, 4.69) is 17.2 Å². The lowest BCUT2D eigenvalue weighted by Crippen LogP contribution is -2.12. The molecule has 1 N–H and O–H groups in total. The van der Waals surface area contributed by atoms with Crippen LogP contribution < -0.4 is 5.32 Å². The minimum Gasteiger partial charge on any atom is -0.332 e.